The number of nitrogens with zero attached hydrogens (tertiary/aromatic N) is 2. The second-order valence-corrected chi connectivity index (χ2v) is 5.16. The number of amides is 1. The van der Waals surface area contributed by atoms with Gasteiger partial charge in [-0.3, -0.25) is 4.79 Å². The highest BCUT2D eigenvalue weighted by Gasteiger charge is 2.05. The van der Waals surface area contributed by atoms with Crippen molar-refractivity contribution in [3.63, 3.8) is 0 Å². The van der Waals surface area contributed by atoms with Crippen molar-refractivity contribution in [3.05, 3.63) is 39.6 Å². The number of nitrogens with one attached hydrogen (secondary N) is 1. The molecule has 1 amide bonds. The Kier molecular flexibility index (Phi) is 3.83. The second-order valence-electron chi connectivity index (χ2n) is 3.13. The lowest BCUT2D eigenvalue weighted by molar-refractivity contribution is -0.115. The summed E-state index contributed by atoms with van der Waals surface area (Å²) in [5, 5.41) is 7.06. The predicted molar refractivity (Wildman–Crippen MR) is 71.4 cm³/mol. The summed E-state index contributed by atoms with van der Waals surface area (Å²) in [4.78, 5) is 11.6. The van der Waals surface area contributed by atoms with E-state index in [1.54, 1.807) is 0 Å². The summed E-state index contributed by atoms with van der Waals surface area (Å²) in [5.41, 5.74) is 0.996. The van der Waals surface area contributed by atoms with Crippen molar-refractivity contribution >= 4 is 45.0 Å². The van der Waals surface area contributed by atoms with Gasteiger partial charge in [0, 0.05) is 15.1 Å². The van der Waals surface area contributed by atoms with Crippen LogP contribution in [0.3, 0.4) is 0 Å². The number of carbonyl (C=O) groups excluding carboxylic acids is 1. The van der Waals surface area contributed by atoms with Crippen LogP contribution >= 0.6 is 34.1 Å². The molecule has 1 N–H and O–H groups in total. The Morgan fingerprint density at radius 3 is 2.75 bits per heavy atom. The lowest BCUT2D eigenvalue weighted by Gasteiger charge is -2.01. The molecule has 0 unspecified atom stereocenters. The van der Waals surface area contributed by atoms with Crippen LogP contribution in [0.15, 0.2) is 30.5 Å². The van der Waals surface area contributed by atoms with E-state index in [1.807, 2.05) is 24.3 Å². The molecule has 1 aromatic heterocycles. The van der Waals surface area contributed by atoms with Gasteiger partial charge in [-0.05, 0) is 40.3 Å². The van der Waals surface area contributed by atoms with Crippen molar-refractivity contribution in [2.75, 3.05) is 5.32 Å². The molecule has 1 heterocycles. The largest absolute Gasteiger partial charge is 0.315 e. The van der Waals surface area contributed by atoms with Crippen LogP contribution in [0.4, 0.5) is 5.00 Å². The van der Waals surface area contributed by atoms with Gasteiger partial charge < -0.3 is 5.32 Å². The van der Waals surface area contributed by atoms with Crippen molar-refractivity contribution in [1.29, 1.82) is 0 Å². The molecule has 2 aromatic rings. The maximum Gasteiger partial charge on any atom is 0.229 e. The average molecular weight is 345 g/mol. The molecule has 16 heavy (non-hydrogen) atoms. The van der Waals surface area contributed by atoms with E-state index in [1.165, 1.54) is 17.7 Å². The minimum atomic E-state index is -0.0488. The second kappa shape index (κ2) is 5.35. The molecular weight excluding hydrogens is 337 g/mol. The first-order valence-corrected chi connectivity index (χ1v) is 6.41. The molecule has 0 saturated carbocycles. The Hall–Kier alpha value is -1.02. The zero-order valence-corrected chi connectivity index (χ0v) is 11.2. The maximum absolute atomic E-state index is 11.6. The first-order chi connectivity index (χ1) is 7.74. The van der Waals surface area contributed by atoms with E-state index < -0.39 is 0 Å². The third kappa shape index (κ3) is 3.24. The van der Waals surface area contributed by atoms with Gasteiger partial charge in [0.2, 0.25) is 5.91 Å². The summed E-state index contributed by atoms with van der Waals surface area (Å²) in [7, 11) is 0. The van der Waals surface area contributed by atoms with E-state index in [0.717, 1.165) is 9.13 Å². The third-order valence-electron chi connectivity index (χ3n) is 1.90. The Balaban J connectivity index is 1.95. The van der Waals surface area contributed by atoms with Crippen molar-refractivity contribution in [1.82, 2.24) is 9.59 Å². The van der Waals surface area contributed by atoms with Crippen molar-refractivity contribution in [3.8, 4) is 0 Å². The van der Waals surface area contributed by atoms with Crippen LogP contribution in [-0.2, 0) is 11.2 Å². The standard InChI is InChI=1S/C10H8IN3OS/c11-8-3-1-7(2-4-8)5-9(15)13-10-6-12-14-16-10/h1-4,6H,5H2,(H,13,15). The van der Waals surface area contributed by atoms with Gasteiger partial charge in [-0.2, -0.15) is 0 Å². The fraction of sp³-hybridized carbons (Fsp3) is 0.100. The van der Waals surface area contributed by atoms with Crippen LogP contribution in [0.25, 0.3) is 0 Å². The van der Waals surface area contributed by atoms with Crippen LogP contribution in [0, 0.1) is 3.57 Å². The van der Waals surface area contributed by atoms with Crippen molar-refractivity contribution < 1.29 is 4.79 Å². The monoisotopic (exact) mass is 345 g/mol. The number of hydrogen-bond acceptors (Lipinski definition) is 4. The van der Waals surface area contributed by atoms with Crippen LogP contribution in [0.1, 0.15) is 5.56 Å². The minimum Gasteiger partial charge on any atom is -0.315 e. The van der Waals surface area contributed by atoms with Crippen LogP contribution < -0.4 is 5.32 Å². The molecule has 1 aromatic carbocycles. The number of rotatable bonds is 3. The molecule has 0 fully saturated rings. The van der Waals surface area contributed by atoms with Crippen LogP contribution in [-0.4, -0.2) is 15.5 Å². The topological polar surface area (TPSA) is 54.9 Å². The van der Waals surface area contributed by atoms with Crippen LogP contribution in [0.2, 0.25) is 0 Å². The van der Waals surface area contributed by atoms with Gasteiger partial charge in [0.25, 0.3) is 0 Å². The summed E-state index contributed by atoms with van der Waals surface area (Å²) in [6.07, 6.45) is 1.91. The Bertz CT molecular complexity index is 469. The first-order valence-electron chi connectivity index (χ1n) is 4.56. The number of aromatic nitrogens is 2. The molecule has 2 rings (SSSR count). The highest BCUT2D eigenvalue weighted by atomic mass is 127. The molecule has 0 saturated heterocycles. The number of halogens is 1. The smallest absolute Gasteiger partial charge is 0.229 e. The Morgan fingerprint density at radius 2 is 2.12 bits per heavy atom. The lowest BCUT2D eigenvalue weighted by Crippen LogP contribution is -2.13. The molecule has 0 radical (unpaired) electrons. The van der Waals surface area contributed by atoms with Gasteiger partial charge >= 0.3 is 0 Å². The van der Waals surface area contributed by atoms with Gasteiger partial charge in [0.1, 0.15) is 5.00 Å². The zero-order valence-electron chi connectivity index (χ0n) is 8.18. The van der Waals surface area contributed by atoms with E-state index in [2.05, 4.69) is 37.5 Å². The number of benzene rings is 1. The molecule has 4 nitrogen and oxygen atoms in total. The molecule has 82 valence electrons. The molecule has 0 spiro atoms. The van der Waals surface area contributed by atoms with Gasteiger partial charge in [-0.25, -0.2) is 0 Å². The Labute approximate surface area is 110 Å². The lowest BCUT2D eigenvalue weighted by atomic mass is 10.1. The number of carbonyl (C=O) groups is 1. The quantitative estimate of drug-likeness (QED) is 0.869. The maximum atomic E-state index is 11.6. The van der Waals surface area contributed by atoms with Gasteiger partial charge in [0.15, 0.2) is 0 Å². The summed E-state index contributed by atoms with van der Waals surface area (Å²) < 4.78 is 4.83. The van der Waals surface area contributed by atoms with E-state index >= 15 is 0 Å². The molecule has 0 bridgehead atoms. The average Bonchev–Trinajstić information content (AvgIpc) is 2.74. The number of hydrogen-bond donors (Lipinski definition) is 1. The van der Waals surface area contributed by atoms with E-state index in [9.17, 15) is 4.79 Å². The first kappa shape index (κ1) is 11.5. The summed E-state index contributed by atoms with van der Waals surface area (Å²) >= 11 is 3.40. The summed E-state index contributed by atoms with van der Waals surface area (Å²) in [6.45, 7) is 0. The molecule has 0 aliphatic heterocycles. The van der Waals surface area contributed by atoms with E-state index in [-0.39, 0.29) is 5.91 Å². The highest BCUT2D eigenvalue weighted by molar-refractivity contribution is 14.1. The predicted octanol–water partition coefficient (Wildman–Crippen LogP) is 2.32. The molecule has 0 aliphatic carbocycles. The minimum absolute atomic E-state index is 0.0488. The van der Waals surface area contributed by atoms with E-state index in [4.69, 9.17) is 0 Å². The third-order valence-corrected chi connectivity index (χ3v) is 3.20. The molecular formula is C10H8IN3OS. The zero-order chi connectivity index (χ0) is 11.4. The Morgan fingerprint density at radius 1 is 1.38 bits per heavy atom. The van der Waals surface area contributed by atoms with Gasteiger partial charge in [-0.15, -0.1) is 5.10 Å². The summed E-state index contributed by atoms with van der Waals surface area (Å²) in [6, 6.07) is 7.87. The van der Waals surface area contributed by atoms with Crippen molar-refractivity contribution in [2.45, 2.75) is 6.42 Å². The van der Waals surface area contributed by atoms with Crippen molar-refractivity contribution in [2.24, 2.45) is 0 Å². The summed E-state index contributed by atoms with van der Waals surface area (Å²) in [5.74, 6) is -0.0488. The van der Waals surface area contributed by atoms with Crippen LogP contribution in [0.5, 0.6) is 0 Å². The highest BCUT2D eigenvalue weighted by Crippen LogP contribution is 2.11. The number of anilines is 1. The SMILES string of the molecule is O=C(Cc1ccc(I)cc1)Nc1cnns1. The normalized spacial score (nSPS) is 10.1. The fourth-order valence-corrected chi connectivity index (χ4v) is 1.99. The fourth-order valence-electron chi connectivity index (χ4n) is 1.19. The van der Waals surface area contributed by atoms with Gasteiger partial charge in [0.05, 0.1) is 12.6 Å². The molecule has 6 heteroatoms. The molecule has 0 aliphatic rings. The van der Waals surface area contributed by atoms with E-state index in [0.29, 0.717) is 11.4 Å². The molecule has 0 atom stereocenters. The van der Waals surface area contributed by atoms with Gasteiger partial charge in [-0.1, -0.05) is 16.6 Å².